The lowest BCUT2D eigenvalue weighted by atomic mass is 9.64. The van der Waals surface area contributed by atoms with Gasteiger partial charge >= 0.3 is 0 Å². The maximum absolute atomic E-state index is 12.5. The van der Waals surface area contributed by atoms with E-state index in [4.69, 9.17) is 0 Å². The number of hydrogen-bond acceptors (Lipinski definition) is 8. The van der Waals surface area contributed by atoms with Crippen LogP contribution in [0.3, 0.4) is 0 Å². The Hall–Kier alpha value is -2.00. The molecule has 214 valence electrons. The first kappa shape index (κ1) is 30.5. The molecule has 2 N–H and O–H groups in total. The SMILES string of the molecule is CC(O)N1C(C)(C)CC(c2c(C(=O)[O-])ccc(C(=O)[O-])c2C2CC(C)(C)N(C(C)O)C(C)(C)C2)CC1(C)C. The van der Waals surface area contributed by atoms with Crippen LogP contribution in [0.1, 0.15) is 139 Å². The van der Waals surface area contributed by atoms with Crippen molar-refractivity contribution >= 4 is 11.9 Å². The van der Waals surface area contributed by atoms with Crippen LogP contribution in [0.25, 0.3) is 0 Å². The first-order chi connectivity index (χ1) is 17.1. The summed E-state index contributed by atoms with van der Waals surface area (Å²) in [4.78, 5) is 29.1. The second-order valence-electron chi connectivity index (χ2n) is 14.0. The van der Waals surface area contributed by atoms with Crippen LogP contribution in [-0.4, -0.2) is 66.6 Å². The van der Waals surface area contributed by atoms with Gasteiger partial charge in [0.25, 0.3) is 0 Å². The molecule has 3 rings (SSSR count). The molecule has 2 fully saturated rings. The standard InChI is InChI=1S/C30H48N2O6/c1-17(33)31-27(3,4)13-19(14-28(31,5)6)23-21(25(35)36)11-12-22(26(37)38)24(23)20-15-29(7,8)32(18(2)34)30(9,10)16-20/h11-12,17-20,33-34H,13-16H2,1-10H3,(H,35,36)(H,37,38)/p-2. The summed E-state index contributed by atoms with van der Waals surface area (Å²) >= 11 is 0. The van der Waals surface area contributed by atoms with Gasteiger partial charge in [0, 0.05) is 33.3 Å². The molecule has 2 atom stereocenters. The Morgan fingerprint density at radius 1 is 0.684 bits per heavy atom. The van der Waals surface area contributed by atoms with Crippen molar-refractivity contribution in [1.29, 1.82) is 0 Å². The van der Waals surface area contributed by atoms with E-state index in [2.05, 4.69) is 0 Å². The second kappa shape index (κ2) is 9.88. The average Bonchev–Trinajstić information content (AvgIpc) is 2.67. The van der Waals surface area contributed by atoms with Gasteiger partial charge in [-0.05, 0) is 118 Å². The van der Waals surface area contributed by atoms with Crippen LogP contribution in [-0.2, 0) is 0 Å². The summed E-state index contributed by atoms with van der Waals surface area (Å²) in [7, 11) is 0. The van der Waals surface area contributed by atoms with Crippen molar-refractivity contribution in [2.24, 2.45) is 0 Å². The number of aliphatic hydroxyl groups is 2. The molecule has 2 aliphatic rings. The van der Waals surface area contributed by atoms with Crippen LogP contribution >= 0.6 is 0 Å². The summed E-state index contributed by atoms with van der Waals surface area (Å²) in [5, 5.41) is 46.3. The number of rotatable bonds is 6. The van der Waals surface area contributed by atoms with Gasteiger partial charge in [-0.3, -0.25) is 9.80 Å². The smallest absolute Gasteiger partial charge is 0.105 e. The fraction of sp³-hybridized carbons (Fsp3) is 0.733. The number of piperidine rings is 2. The molecule has 8 nitrogen and oxygen atoms in total. The van der Waals surface area contributed by atoms with E-state index < -0.39 is 46.6 Å². The highest BCUT2D eigenvalue weighted by molar-refractivity contribution is 5.94. The number of aromatic carboxylic acids is 2. The van der Waals surface area contributed by atoms with Crippen LogP contribution in [0, 0.1) is 0 Å². The number of likely N-dealkylation sites (tertiary alicyclic amines) is 2. The highest BCUT2D eigenvalue weighted by atomic mass is 16.4. The Kier molecular flexibility index (Phi) is 7.94. The molecule has 2 aliphatic heterocycles. The summed E-state index contributed by atoms with van der Waals surface area (Å²) < 4.78 is 0. The van der Waals surface area contributed by atoms with Gasteiger partial charge in [0.15, 0.2) is 0 Å². The Labute approximate surface area is 227 Å². The number of carboxylic acids is 2. The van der Waals surface area contributed by atoms with E-state index in [1.165, 1.54) is 12.1 Å². The van der Waals surface area contributed by atoms with E-state index in [9.17, 15) is 30.0 Å². The molecule has 0 bridgehead atoms. The molecule has 0 spiro atoms. The van der Waals surface area contributed by atoms with Crippen molar-refractivity contribution in [2.45, 2.75) is 141 Å². The average molecular weight is 531 g/mol. The van der Waals surface area contributed by atoms with Crippen LogP contribution in [0.2, 0.25) is 0 Å². The molecule has 38 heavy (non-hydrogen) atoms. The Morgan fingerprint density at radius 2 is 0.921 bits per heavy atom. The minimum atomic E-state index is -1.33. The maximum Gasteiger partial charge on any atom is 0.105 e. The minimum Gasteiger partial charge on any atom is -0.545 e. The van der Waals surface area contributed by atoms with E-state index in [1.54, 1.807) is 13.8 Å². The van der Waals surface area contributed by atoms with E-state index in [0.717, 1.165) is 0 Å². The Balaban J connectivity index is 2.30. The molecule has 0 aliphatic carbocycles. The van der Waals surface area contributed by atoms with Crippen molar-refractivity contribution in [3.63, 3.8) is 0 Å². The van der Waals surface area contributed by atoms with Gasteiger partial charge in [-0.1, -0.05) is 12.1 Å². The van der Waals surface area contributed by atoms with E-state index in [-0.39, 0.29) is 23.0 Å². The number of nitrogens with zero attached hydrogens (tertiary/aromatic N) is 2. The third-order valence-corrected chi connectivity index (χ3v) is 8.88. The van der Waals surface area contributed by atoms with Crippen molar-refractivity contribution in [2.75, 3.05) is 0 Å². The van der Waals surface area contributed by atoms with Crippen LogP contribution in [0.5, 0.6) is 0 Å². The number of carbonyl (C=O) groups excluding carboxylic acids is 2. The van der Waals surface area contributed by atoms with Gasteiger partial charge < -0.3 is 30.0 Å². The lowest BCUT2D eigenvalue weighted by molar-refractivity contribution is -0.256. The molecule has 2 heterocycles. The van der Waals surface area contributed by atoms with Crippen molar-refractivity contribution in [1.82, 2.24) is 9.80 Å². The lowest BCUT2D eigenvalue weighted by Gasteiger charge is -2.58. The number of aliphatic hydroxyl groups excluding tert-OH is 2. The van der Waals surface area contributed by atoms with Crippen LogP contribution < -0.4 is 10.2 Å². The van der Waals surface area contributed by atoms with Crippen molar-refractivity contribution < 1.29 is 30.0 Å². The van der Waals surface area contributed by atoms with Gasteiger partial charge in [0.05, 0.1) is 11.9 Å². The lowest BCUT2D eigenvalue weighted by Crippen LogP contribution is -2.64. The molecule has 2 saturated heterocycles. The fourth-order valence-corrected chi connectivity index (χ4v) is 8.89. The maximum atomic E-state index is 12.5. The predicted octanol–water partition coefficient (Wildman–Crippen LogP) is 2.56. The monoisotopic (exact) mass is 530 g/mol. The van der Waals surface area contributed by atoms with Gasteiger partial charge in [0.2, 0.25) is 0 Å². The van der Waals surface area contributed by atoms with E-state index in [0.29, 0.717) is 36.8 Å². The zero-order valence-electron chi connectivity index (χ0n) is 24.7. The number of carbonyl (C=O) groups is 2. The molecule has 1 aromatic rings. The third kappa shape index (κ3) is 5.37. The molecular weight excluding hydrogens is 484 g/mol. The van der Waals surface area contributed by atoms with Gasteiger partial charge in [-0.25, -0.2) is 0 Å². The van der Waals surface area contributed by atoms with Crippen LogP contribution in [0.15, 0.2) is 12.1 Å². The largest absolute Gasteiger partial charge is 0.545 e. The number of benzene rings is 1. The number of hydrogen-bond donors (Lipinski definition) is 2. The van der Waals surface area contributed by atoms with E-state index in [1.807, 2.05) is 65.2 Å². The number of carboxylic acid groups (broad SMARTS) is 2. The fourth-order valence-electron chi connectivity index (χ4n) is 8.89. The minimum absolute atomic E-state index is 0.0145. The third-order valence-electron chi connectivity index (χ3n) is 8.88. The van der Waals surface area contributed by atoms with Gasteiger partial charge in [-0.2, -0.15) is 0 Å². The first-order valence-electron chi connectivity index (χ1n) is 13.7. The highest BCUT2D eigenvalue weighted by Crippen LogP contribution is 2.53. The Bertz CT molecular complexity index is 967. The molecule has 8 heteroatoms. The van der Waals surface area contributed by atoms with E-state index >= 15 is 0 Å². The van der Waals surface area contributed by atoms with Gasteiger partial charge in [0.1, 0.15) is 12.5 Å². The van der Waals surface area contributed by atoms with Crippen molar-refractivity contribution in [3.8, 4) is 0 Å². The molecule has 0 radical (unpaired) electrons. The predicted molar refractivity (Wildman–Crippen MR) is 142 cm³/mol. The molecule has 0 aromatic heterocycles. The summed E-state index contributed by atoms with van der Waals surface area (Å²) in [6.45, 7) is 19.7. The van der Waals surface area contributed by atoms with Crippen LogP contribution in [0.4, 0.5) is 0 Å². The quantitative estimate of drug-likeness (QED) is 0.575. The zero-order chi connectivity index (χ0) is 29.2. The summed E-state index contributed by atoms with van der Waals surface area (Å²) in [6.07, 6.45) is 0.716. The highest BCUT2D eigenvalue weighted by Gasteiger charge is 2.51. The van der Waals surface area contributed by atoms with Crippen molar-refractivity contribution in [3.05, 3.63) is 34.4 Å². The molecular formula is C30H46N2O6-2. The summed E-state index contributed by atoms with van der Waals surface area (Å²) in [5.41, 5.74) is -0.916. The molecule has 0 amide bonds. The second-order valence-corrected chi connectivity index (χ2v) is 14.0. The summed E-state index contributed by atoms with van der Waals surface area (Å²) in [5.74, 6) is -3.23. The summed E-state index contributed by atoms with van der Waals surface area (Å²) in [6, 6.07) is 2.70. The zero-order valence-corrected chi connectivity index (χ0v) is 24.7. The molecule has 0 saturated carbocycles. The Morgan fingerprint density at radius 3 is 1.11 bits per heavy atom. The van der Waals surface area contributed by atoms with Gasteiger partial charge in [-0.15, -0.1) is 0 Å². The molecule has 2 unspecified atom stereocenters. The molecule has 1 aromatic carbocycles. The first-order valence-corrected chi connectivity index (χ1v) is 13.7. The topological polar surface area (TPSA) is 127 Å². The normalized spacial score (nSPS) is 25.6.